The van der Waals surface area contributed by atoms with Crippen LogP contribution in [0.3, 0.4) is 0 Å². The SMILES string of the molecule is COC1(C(F)(F)F)CC(N)(C(=O)NC2CC(C(=O)O)c3ccccc32)C1. The Hall–Kier alpha value is -2.13. The molecule has 2 aliphatic carbocycles. The van der Waals surface area contributed by atoms with Crippen LogP contribution in [-0.2, 0) is 14.3 Å². The summed E-state index contributed by atoms with van der Waals surface area (Å²) in [6, 6.07) is 6.17. The molecule has 0 bridgehead atoms. The van der Waals surface area contributed by atoms with E-state index in [1.54, 1.807) is 24.3 Å². The first-order valence-electron chi connectivity index (χ1n) is 8.06. The van der Waals surface area contributed by atoms with Crippen molar-refractivity contribution in [2.24, 2.45) is 5.73 Å². The summed E-state index contributed by atoms with van der Waals surface area (Å²) in [6.45, 7) is 0. The van der Waals surface area contributed by atoms with Crippen LogP contribution in [-0.4, -0.2) is 41.4 Å². The van der Waals surface area contributed by atoms with Gasteiger partial charge >= 0.3 is 12.1 Å². The van der Waals surface area contributed by atoms with Gasteiger partial charge in [-0.15, -0.1) is 0 Å². The number of amides is 1. The first-order valence-corrected chi connectivity index (χ1v) is 8.06. The number of rotatable bonds is 4. The molecule has 142 valence electrons. The maximum absolute atomic E-state index is 13.1. The number of carboxylic acids is 1. The van der Waals surface area contributed by atoms with Gasteiger partial charge < -0.3 is 20.9 Å². The summed E-state index contributed by atoms with van der Waals surface area (Å²) >= 11 is 0. The second-order valence-corrected chi connectivity index (χ2v) is 6.99. The number of halogens is 3. The monoisotopic (exact) mass is 372 g/mol. The molecule has 1 aromatic rings. The van der Waals surface area contributed by atoms with Crippen LogP contribution >= 0.6 is 0 Å². The molecule has 1 saturated carbocycles. The third-order valence-corrected chi connectivity index (χ3v) is 5.38. The summed E-state index contributed by atoms with van der Waals surface area (Å²) in [5.41, 5.74) is 2.98. The Labute approximate surface area is 147 Å². The summed E-state index contributed by atoms with van der Waals surface area (Å²) in [5.74, 6) is -2.53. The smallest absolute Gasteiger partial charge is 0.417 e. The number of carbonyl (C=O) groups excluding carboxylic acids is 1. The molecule has 6 nitrogen and oxygen atoms in total. The fourth-order valence-electron chi connectivity index (χ4n) is 3.90. The molecule has 1 aromatic carbocycles. The minimum Gasteiger partial charge on any atom is -0.481 e. The van der Waals surface area contributed by atoms with Gasteiger partial charge in [0.05, 0.1) is 12.0 Å². The zero-order valence-corrected chi connectivity index (χ0v) is 14.0. The topological polar surface area (TPSA) is 102 Å². The van der Waals surface area contributed by atoms with Gasteiger partial charge in [0.25, 0.3) is 0 Å². The lowest BCUT2D eigenvalue weighted by Gasteiger charge is -2.52. The van der Waals surface area contributed by atoms with Gasteiger partial charge in [0, 0.05) is 20.0 Å². The quantitative estimate of drug-likeness (QED) is 0.749. The molecular formula is C17H19F3N2O4. The lowest BCUT2D eigenvalue weighted by molar-refractivity contribution is -0.308. The molecule has 26 heavy (non-hydrogen) atoms. The normalized spacial score (nSPS) is 33.3. The number of alkyl halides is 3. The molecule has 2 unspecified atom stereocenters. The first kappa shape index (κ1) is 18.7. The van der Waals surface area contributed by atoms with Crippen LogP contribution in [0, 0.1) is 0 Å². The number of fused-ring (bicyclic) bond motifs is 1. The number of carbonyl (C=O) groups is 2. The highest BCUT2D eigenvalue weighted by Gasteiger charge is 2.70. The third kappa shape index (κ3) is 2.75. The predicted octanol–water partition coefficient (Wildman–Crippen LogP) is 1.85. The van der Waals surface area contributed by atoms with Crippen molar-refractivity contribution in [3.05, 3.63) is 35.4 Å². The molecule has 0 spiro atoms. The number of nitrogens with one attached hydrogen (secondary N) is 1. The summed E-state index contributed by atoms with van der Waals surface area (Å²) in [7, 11) is 0.940. The second-order valence-electron chi connectivity index (χ2n) is 6.99. The molecule has 2 atom stereocenters. The largest absolute Gasteiger partial charge is 0.481 e. The van der Waals surface area contributed by atoms with Crippen LogP contribution in [0.15, 0.2) is 24.3 Å². The zero-order chi connectivity index (χ0) is 19.3. The number of benzene rings is 1. The van der Waals surface area contributed by atoms with Crippen LogP contribution in [0.4, 0.5) is 13.2 Å². The molecule has 0 aromatic heterocycles. The molecule has 0 aliphatic heterocycles. The Bertz CT molecular complexity index is 744. The number of aliphatic carboxylic acids is 1. The van der Waals surface area contributed by atoms with E-state index >= 15 is 0 Å². The van der Waals surface area contributed by atoms with E-state index in [0.29, 0.717) is 11.1 Å². The van der Waals surface area contributed by atoms with Gasteiger partial charge in [0.1, 0.15) is 5.54 Å². The number of hydrogen-bond acceptors (Lipinski definition) is 4. The Morgan fingerprint density at radius 2 is 1.85 bits per heavy atom. The van der Waals surface area contributed by atoms with E-state index in [2.05, 4.69) is 10.1 Å². The minimum atomic E-state index is -4.63. The summed E-state index contributed by atoms with van der Waals surface area (Å²) in [4.78, 5) is 23.9. The fraction of sp³-hybridized carbons (Fsp3) is 0.529. The molecular weight excluding hydrogens is 353 g/mol. The number of hydrogen-bond donors (Lipinski definition) is 3. The minimum absolute atomic E-state index is 0.130. The molecule has 1 amide bonds. The van der Waals surface area contributed by atoms with Gasteiger partial charge in [-0.05, 0) is 17.5 Å². The molecule has 3 rings (SSSR count). The van der Waals surface area contributed by atoms with Crippen LogP contribution < -0.4 is 11.1 Å². The Morgan fingerprint density at radius 1 is 1.27 bits per heavy atom. The lowest BCUT2D eigenvalue weighted by Crippen LogP contribution is -2.73. The number of nitrogens with two attached hydrogens (primary N) is 1. The van der Waals surface area contributed by atoms with E-state index in [0.717, 1.165) is 7.11 Å². The van der Waals surface area contributed by atoms with Gasteiger partial charge in [-0.1, -0.05) is 24.3 Å². The molecule has 2 aliphatic rings. The number of methoxy groups -OCH3 is 1. The average molecular weight is 372 g/mol. The van der Waals surface area contributed by atoms with Gasteiger partial charge in [-0.25, -0.2) is 0 Å². The van der Waals surface area contributed by atoms with Crippen LogP contribution in [0.1, 0.15) is 42.3 Å². The summed E-state index contributed by atoms with van der Waals surface area (Å²) < 4.78 is 44.0. The maximum atomic E-state index is 13.1. The highest BCUT2D eigenvalue weighted by Crippen LogP contribution is 2.52. The van der Waals surface area contributed by atoms with Crippen LogP contribution in [0.5, 0.6) is 0 Å². The molecule has 9 heteroatoms. The predicted molar refractivity (Wildman–Crippen MR) is 84.3 cm³/mol. The van der Waals surface area contributed by atoms with Crippen molar-refractivity contribution in [2.45, 2.75) is 48.5 Å². The van der Waals surface area contributed by atoms with E-state index in [-0.39, 0.29) is 6.42 Å². The van der Waals surface area contributed by atoms with Crippen molar-refractivity contribution >= 4 is 11.9 Å². The lowest BCUT2D eigenvalue weighted by atomic mass is 9.64. The van der Waals surface area contributed by atoms with Crippen molar-refractivity contribution in [3.8, 4) is 0 Å². The standard InChI is InChI=1S/C17H19F3N2O4/c1-26-16(17(18,19)20)7-15(21,8-16)14(25)22-12-6-11(13(23)24)9-4-2-3-5-10(9)12/h2-5,11-12H,6-8,21H2,1H3,(H,22,25)(H,23,24). The van der Waals surface area contributed by atoms with Gasteiger partial charge in [0.2, 0.25) is 5.91 Å². The molecule has 4 N–H and O–H groups in total. The maximum Gasteiger partial charge on any atom is 0.417 e. The highest BCUT2D eigenvalue weighted by atomic mass is 19.4. The van der Waals surface area contributed by atoms with E-state index < -0.39 is 54.0 Å². The summed E-state index contributed by atoms with van der Waals surface area (Å²) in [6.07, 6.45) is -5.85. The Morgan fingerprint density at radius 3 is 2.35 bits per heavy atom. The molecule has 0 saturated heterocycles. The van der Waals surface area contributed by atoms with Crippen molar-refractivity contribution < 1.29 is 32.6 Å². The second kappa shape index (κ2) is 5.95. The number of ether oxygens (including phenoxy) is 1. The van der Waals surface area contributed by atoms with Gasteiger partial charge in [-0.3, -0.25) is 9.59 Å². The zero-order valence-electron chi connectivity index (χ0n) is 14.0. The number of carboxylic acid groups (broad SMARTS) is 1. The fourth-order valence-corrected chi connectivity index (χ4v) is 3.90. The van der Waals surface area contributed by atoms with E-state index in [4.69, 9.17) is 5.73 Å². The van der Waals surface area contributed by atoms with Crippen molar-refractivity contribution in [2.75, 3.05) is 7.11 Å². The van der Waals surface area contributed by atoms with E-state index in [1.807, 2.05) is 0 Å². The average Bonchev–Trinajstić information content (AvgIpc) is 2.89. The first-order chi connectivity index (χ1) is 12.0. The third-order valence-electron chi connectivity index (χ3n) is 5.38. The molecule has 1 fully saturated rings. The molecule has 0 radical (unpaired) electrons. The highest BCUT2D eigenvalue weighted by molar-refractivity contribution is 5.89. The van der Waals surface area contributed by atoms with E-state index in [9.17, 15) is 27.9 Å². The van der Waals surface area contributed by atoms with Crippen molar-refractivity contribution in [1.29, 1.82) is 0 Å². The summed E-state index contributed by atoms with van der Waals surface area (Å²) in [5, 5.41) is 12.0. The van der Waals surface area contributed by atoms with Gasteiger partial charge in [-0.2, -0.15) is 13.2 Å². The van der Waals surface area contributed by atoms with Crippen molar-refractivity contribution in [3.63, 3.8) is 0 Å². The van der Waals surface area contributed by atoms with Gasteiger partial charge in [0.15, 0.2) is 5.60 Å². The van der Waals surface area contributed by atoms with Crippen LogP contribution in [0.25, 0.3) is 0 Å². The molecule has 0 heterocycles. The Kier molecular flexibility index (Phi) is 4.27. The van der Waals surface area contributed by atoms with E-state index in [1.165, 1.54) is 0 Å². The van der Waals surface area contributed by atoms with Crippen LogP contribution in [0.2, 0.25) is 0 Å². The van der Waals surface area contributed by atoms with Crippen molar-refractivity contribution in [1.82, 2.24) is 5.32 Å². The Balaban J connectivity index is 1.75.